The molecule has 1 unspecified atom stereocenters. The van der Waals surface area contributed by atoms with Gasteiger partial charge in [-0.1, -0.05) is 12.1 Å². The smallest absolute Gasteiger partial charge is 0.185 e. The van der Waals surface area contributed by atoms with E-state index in [0.717, 1.165) is 6.07 Å². The van der Waals surface area contributed by atoms with Gasteiger partial charge in [0.25, 0.3) is 0 Å². The van der Waals surface area contributed by atoms with Crippen LogP contribution in [0.2, 0.25) is 0 Å². The Morgan fingerprint density at radius 2 is 2.19 bits per heavy atom. The van der Waals surface area contributed by atoms with Crippen molar-refractivity contribution in [3.8, 4) is 0 Å². The highest BCUT2D eigenvalue weighted by atomic mass is 19.1. The Morgan fingerprint density at radius 1 is 1.56 bits per heavy atom. The molecule has 0 aliphatic heterocycles. The Morgan fingerprint density at radius 3 is 2.75 bits per heavy atom. The highest BCUT2D eigenvalue weighted by Crippen LogP contribution is 2.18. The van der Waals surface area contributed by atoms with Crippen LogP contribution < -0.4 is 5.73 Å². The van der Waals surface area contributed by atoms with Crippen LogP contribution in [0.1, 0.15) is 22.3 Å². The minimum Gasteiger partial charge on any atom is -0.321 e. The zero-order chi connectivity index (χ0) is 12.3. The van der Waals surface area contributed by atoms with Gasteiger partial charge in [0.15, 0.2) is 5.78 Å². The zero-order valence-corrected chi connectivity index (χ0v) is 8.97. The first-order chi connectivity index (χ1) is 7.49. The summed E-state index contributed by atoms with van der Waals surface area (Å²) in [7, 11) is 0. The first-order valence-electron chi connectivity index (χ1n) is 4.84. The number of carbonyl (C=O) groups is 1. The first-order valence-corrected chi connectivity index (χ1v) is 4.84. The van der Waals surface area contributed by atoms with Gasteiger partial charge in [0, 0.05) is 0 Å². The highest BCUT2D eigenvalue weighted by molar-refractivity contribution is 6.00. The molecule has 86 valence electrons. The second-order valence-corrected chi connectivity index (χ2v) is 3.55. The number of carbonyl (C=O) groups excluding carboxylic acids is 1. The molecule has 0 fully saturated rings. The van der Waals surface area contributed by atoms with Crippen molar-refractivity contribution < 1.29 is 13.6 Å². The number of hydrogen-bond donors (Lipinski definition) is 1. The predicted molar refractivity (Wildman–Crippen MR) is 58.2 cm³/mol. The Balaban J connectivity index is 3.17. The van der Waals surface area contributed by atoms with Gasteiger partial charge in [-0.05, 0) is 25.0 Å². The van der Waals surface area contributed by atoms with Crippen LogP contribution in [0.3, 0.4) is 0 Å². The van der Waals surface area contributed by atoms with E-state index in [1.54, 1.807) is 0 Å². The Bertz CT molecular complexity index is 429. The predicted octanol–water partition coefficient (Wildman–Crippen LogP) is 2.36. The molecule has 0 bridgehead atoms. The second kappa shape index (κ2) is 4.99. The second-order valence-electron chi connectivity index (χ2n) is 3.55. The van der Waals surface area contributed by atoms with Crippen molar-refractivity contribution in [1.82, 2.24) is 0 Å². The lowest BCUT2D eigenvalue weighted by Crippen LogP contribution is -2.31. The number of rotatable bonds is 4. The number of halogens is 2. The van der Waals surface area contributed by atoms with Crippen molar-refractivity contribution in [2.24, 2.45) is 5.73 Å². The highest BCUT2D eigenvalue weighted by Gasteiger charge is 2.23. The van der Waals surface area contributed by atoms with Gasteiger partial charge in [-0.15, -0.1) is 6.58 Å². The average Bonchev–Trinajstić information content (AvgIpc) is 2.24. The molecule has 0 aliphatic carbocycles. The molecule has 0 saturated carbocycles. The summed E-state index contributed by atoms with van der Waals surface area (Å²) in [5.41, 5.74) is 5.15. The summed E-state index contributed by atoms with van der Waals surface area (Å²) >= 11 is 0. The fourth-order valence-corrected chi connectivity index (χ4v) is 1.35. The zero-order valence-electron chi connectivity index (χ0n) is 8.97. The monoisotopic (exact) mass is 225 g/mol. The van der Waals surface area contributed by atoms with E-state index in [9.17, 15) is 13.6 Å². The molecule has 16 heavy (non-hydrogen) atoms. The summed E-state index contributed by atoms with van der Waals surface area (Å²) in [5, 5.41) is 0. The lowest BCUT2D eigenvalue weighted by Gasteiger charge is -2.10. The van der Waals surface area contributed by atoms with Crippen LogP contribution in [0.5, 0.6) is 0 Å². The third-order valence-corrected chi connectivity index (χ3v) is 2.29. The summed E-state index contributed by atoms with van der Waals surface area (Å²) in [4.78, 5) is 11.7. The maximum absolute atomic E-state index is 13.6. The topological polar surface area (TPSA) is 43.1 Å². The Kier molecular flexibility index (Phi) is 3.90. The van der Waals surface area contributed by atoms with Gasteiger partial charge in [0.2, 0.25) is 0 Å². The number of ketones is 1. The standard InChI is InChI=1S/C12H13F2NO/c1-3-4-9(15)12(16)10-8(13)6-5-7(2)11(10)14/h3,5-6,9H,1,4,15H2,2H3. The molecule has 0 amide bonds. The van der Waals surface area contributed by atoms with E-state index in [-0.39, 0.29) is 12.0 Å². The van der Waals surface area contributed by atoms with Crippen molar-refractivity contribution in [2.75, 3.05) is 0 Å². The van der Waals surface area contributed by atoms with Gasteiger partial charge < -0.3 is 5.73 Å². The van der Waals surface area contributed by atoms with Gasteiger partial charge in [-0.2, -0.15) is 0 Å². The maximum atomic E-state index is 13.6. The molecule has 0 saturated heterocycles. The van der Waals surface area contributed by atoms with E-state index >= 15 is 0 Å². The SMILES string of the molecule is C=CCC(N)C(=O)c1c(F)ccc(C)c1F. The fourth-order valence-electron chi connectivity index (χ4n) is 1.35. The van der Waals surface area contributed by atoms with Crippen molar-refractivity contribution >= 4 is 5.78 Å². The van der Waals surface area contributed by atoms with Crippen molar-refractivity contribution in [1.29, 1.82) is 0 Å². The molecule has 0 spiro atoms. The summed E-state index contributed by atoms with van der Waals surface area (Å²) in [5.74, 6) is -2.46. The van der Waals surface area contributed by atoms with E-state index in [1.165, 1.54) is 19.1 Å². The number of aryl methyl sites for hydroxylation is 1. The first kappa shape index (κ1) is 12.5. The molecular formula is C12H13F2NO. The van der Waals surface area contributed by atoms with Gasteiger partial charge in [-0.3, -0.25) is 4.79 Å². The molecule has 0 aliphatic rings. The number of hydrogen-bond acceptors (Lipinski definition) is 2. The third kappa shape index (κ3) is 2.33. The molecule has 1 rings (SSSR count). The number of benzene rings is 1. The van der Waals surface area contributed by atoms with Crippen LogP contribution in [0.4, 0.5) is 8.78 Å². The quantitative estimate of drug-likeness (QED) is 0.631. The van der Waals surface area contributed by atoms with E-state index in [1.807, 2.05) is 0 Å². The molecule has 1 aromatic rings. The number of Topliss-reactive ketones (excluding diaryl/α,β-unsaturated/α-hetero) is 1. The van der Waals surface area contributed by atoms with Crippen LogP contribution in [0.25, 0.3) is 0 Å². The summed E-state index contributed by atoms with van der Waals surface area (Å²) in [6, 6.07) is 1.38. The number of nitrogens with two attached hydrogens (primary N) is 1. The largest absolute Gasteiger partial charge is 0.321 e. The minimum absolute atomic E-state index is 0.186. The van der Waals surface area contributed by atoms with E-state index in [4.69, 9.17) is 5.73 Å². The molecule has 2 nitrogen and oxygen atoms in total. The molecule has 0 heterocycles. The van der Waals surface area contributed by atoms with Crippen LogP contribution in [-0.4, -0.2) is 11.8 Å². The van der Waals surface area contributed by atoms with Crippen LogP contribution in [-0.2, 0) is 0 Å². The van der Waals surface area contributed by atoms with E-state index in [2.05, 4.69) is 6.58 Å². The Labute approximate surface area is 92.8 Å². The maximum Gasteiger partial charge on any atom is 0.185 e. The fraction of sp³-hybridized carbons (Fsp3) is 0.250. The lowest BCUT2D eigenvalue weighted by molar-refractivity contribution is 0.0953. The van der Waals surface area contributed by atoms with Crippen molar-refractivity contribution in [2.45, 2.75) is 19.4 Å². The average molecular weight is 225 g/mol. The molecule has 1 atom stereocenters. The van der Waals surface area contributed by atoms with Crippen molar-refractivity contribution in [3.63, 3.8) is 0 Å². The van der Waals surface area contributed by atoms with Crippen LogP contribution >= 0.6 is 0 Å². The van der Waals surface area contributed by atoms with Crippen molar-refractivity contribution in [3.05, 3.63) is 47.5 Å². The molecular weight excluding hydrogens is 212 g/mol. The molecule has 1 aromatic carbocycles. The molecule has 0 radical (unpaired) electrons. The summed E-state index contributed by atoms with van der Waals surface area (Å²) in [6.45, 7) is 4.88. The van der Waals surface area contributed by atoms with E-state index < -0.39 is 29.0 Å². The van der Waals surface area contributed by atoms with Crippen LogP contribution in [0, 0.1) is 18.6 Å². The summed E-state index contributed by atoms with van der Waals surface area (Å²) in [6.07, 6.45) is 1.62. The molecule has 4 heteroatoms. The van der Waals surface area contributed by atoms with Gasteiger partial charge in [0.1, 0.15) is 11.6 Å². The molecule has 2 N–H and O–H groups in total. The minimum atomic E-state index is -0.955. The summed E-state index contributed by atoms with van der Waals surface area (Å²) < 4.78 is 26.9. The van der Waals surface area contributed by atoms with Gasteiger partial charge >= 0.3 is 0 Å². The normalized spacial score (nSPS) is 12.2. The molecule has 0 aromatic heterocycles. The van der Waals surface area contributed by atoms with Gasteiger partial charge in [0.05, 0.1) is 11.6 Å². The Hall–Kier alpha value is -1.55. The van der Waals surface area contributed by atoms with E-state index in [0.29, 0.717) is 0 Å². The lowest BCUT2D eigenvalue weighted by atomic mass is 9.99. The van der Waals surface area contributed by atoms with Crippen LogP contribution in [0.15, 0.2) is 24.8 Å². The van der Waals surface area contributed by atoms with Gasteiger partial charge in [-0.25, -0.2) is 8.78 Å². The third-order valence-electron chi connectivity index (χ3n) is 2.29.